The number of unbranched alkanes of at least 4 members (excludes halogenated alkanes) is 1. The fourth-order valence-electron chi connectivity index (χ4n) is 2.84. The Balaban J connectivity index is 1.77. The van der Waals surface area contributed by atoms with Crippen LogP contribution in [0, 0.1) is 5.92 Å². The highest BCUT2D eigenvalue weighted by Crippen LogP contribution is 2.40. The third-order valence-electron chi connectivity index (χ3n) is 4.40. The third-order valence-corrected chi connectivity index (χ3v) is 4.40. The summed E-state index contributed by atoms with van der Waals surface area (Å²) in [4.78, 5) is 3.99. The minimum Gasteiger partial charge on any atom is -0.506 e. The van der Waals surface area contributed by atoms with E-state index in [2.05, 4.69) is 4.98 Å². The van der Waals surface area contributed by atoms with Crippen LogP contribution in [0.25, 0.3) is 10.9 Å². The number of fused-ring (bicyclic) bond motifs is 1. The molecule has 1 aliphatic carbocycles. The highest BCUT2D eigenvalue weighted by Gasteiger charge is 2.36. The lowest BCUT2D eigenvalue weighted by Crippen LogP contribution is -2.15. The zero-order chi connectivity index (χ0) is 16.4. The van der Waals surface area contributed by atoms with Gasteiger partial charge in [0, 0.05) is 11.8 Å². The standard InChI is InChI=1S/C18H21F2NO2/c1-23-14-7-8-15-13(10-14)11-16(22)17(21-15)18(19,20)9-3-2-4-12-5-6-12/h7-8,10-12,22H,2-6,9H2,1H3. The van der Waals surface area contributed by atoms with Crippen LogP contribution in [0.5, 0.6) is 11.5 Å². The number of aromatic hydroxyl groups is 1. The number of methoxy groups -OCH3 is 1. The van der Waals surface area contributed by atoms with Crippen molar-refractivity contribution in [2.75, 3.05) is 7.11 Å². The molecule has 0 radical (unpaired) electrons. The van der Waals surface area contributed by atoms with Crippen molar-refractivity contribution < 1.29 is 18.6 Å². The molecule has 0 aliphatic heterocycles. The Labute approximate surface area is 134 Å². The number of aromatic nitrogens is 1. The number of benzene rings is 1. The van der Waals surface area contributed by atoms with Gasteiger partial charge in [0.15, 0.2) is 5.69 Å². The number of hydrogen-bond acceptors (Lipinski definition) is 3. The second kappa shape index (κ2) is 6.30. The van der Waals surface area contributed by atoms with E-state index in [0.717, 1.165) is 18.8 Å². The molecule has 1 heterocycles. The van der Waals surface area contributed by atoms with E-state index in [1.54, 1.807) is 18.2 Å². The molecule has 1 fully saturated rings. The Kier molecular flexibility index (Phi) is 4.37. The Morgan fingerprint density at radius 2 is 2.04 bits per heavy atom. The van der Waals surface area contributed by atoms with Gasteiger partial charge in [0.1, 0.15) is 11.5 Å². The normalized spacial score (nSPS) is 15.1. The minimum atomic E-state index is -3.11. The molecule has 1 aromatic carbocycles. The van der Waals surface area contributed by atoms with Crippen molar-refractivity contribution in [1.29, 1.82) is 0 Å². The molecule has 5 heteroatoms. The maximum absolute atomic E-state index is 14.4. The summed E-state index contributed by atoms with van der Waals surface area (Å²) in [5.74, 6) is -2.22. The van der Waals surface area contributed by atoms with E-state index in [1.165, 1.54) is 26.0 Å². The van der Waals surface area contributed by atoms with Crippen LogP contribution >= 0.6 is 0 Å². The van der Waals surface area contributed by atoms with Crippen LogP contribution in [-0.4, -0.2) is 17.2 Å². The van der Waals surface area contributed by atoms with Crippen molar-refractivity contribution in [3.8, 4) is 11.5 Å². The first kappa shape index (κ1) is 16.0. The lowest BCUT2D eigenvalue weighted by molar-refractivity contribution is -0.0220. The average molecular weight is 321 g/mol. The lowest BCUT2D eigenvalue weighted by atomic mass is 10.0. The maximum Gasteiger partial charge on any atom is 0.293 e. The van der Waals surface area contributed by atoms with Crippen LogP contribution in [0.2, 0.25) is 0 Å². The highest BCUT2D eigenvalue weighted by atomic mass is 19.3. The Bertz CT molecular complexity index is 699. The van der Waals surface area contributed by atoms with Gasteiger partial charge in [-0.05, 0) is 36.6 Å². The second-order valence-corrected chi connectivity index (χ2v) is 6.31. The first-order valence-corrected chi connectivity index (χ1v) is 8.05. The molecule has 124 valence electrons. The van der Waals surface area contributed by atoms with Gasteiger partial charge >= 0.3 is 0 Å². The van der Waals surface area contributed by atoms with Crippen LogP contribution < -0.4 is 4.74 Å². The van der Waals surface area contributed by atoms with E-state index in [0.29, 0.717) is 23.1 Å². The quantitative estimate of drug-likeness (QED) is 0.729. The van der Waals surface area contributed by atoms with Gasteiger partial charge in [0.05, 0.1) is 12.6 Å². The van der Waals surface area contributed by atoms with Crippen molar-refractivity contribution in [2.24, 2.45) is 5.92 Å². The molecule has 0 amide bonds. The number of hydrogen-bond donors (Lipinski definition) is 1. The van der Waals surface area contributed by atoms with E-state index in [4.69, 9.17) is 4.74 Å². The number of alkyl halides is 2. The van der Waals surface area contributed by atoms with Crippen molar-refractivity contribution >= 4 is 10.9 Å². The average Bonchev–Trinajstić information content (AvgIpc) is 3.34. The Hall–Kier alpha value is -1.91. The van der Waals surface area contributed by atoms with Gasteiger partial charge in [0.2, 0.25) is 0 Å². The number of pyridine rings is 1. The van der Waals surface area contributed by atoms with Crippen LogP contribution in [0.4, 0.5) is 8.78 Å². The largest absolute Gasteiger partial charge is 0.506 e. The van der Waals surface area contributed by atoms with E-state index >= 15 is 0 Å². The number of ether oxygens (including phenoxy) is 1. The SMILES string of the molecule is COc1ccc2nc(C(F)(F)CCCCC3CC3)c(O)cc2c1. The molecule has 3 rings (SSSR count). The van der Waals surface area contributed by atoms with Crippen LogP contribution in [0.15, 0.2) is 24.3 Å². The van der Waals surface area contributed by atoms with E-state index in [-0.39, 0.29) is 6.42 Å². The van der Waals surface area contributed by atoms with Crippen LogP contribution in [0.1, 0.15) is 44.2 Å². The van der Waals surface area contributed by atoms with Gasteiger partial charge in [0.25, 0.3) is 5.92 Å². The molecule has 1 aliphatic rings. The summed E-state index contributed by atoms with van der Waals surface area (Å²) < 4.78 is 33.9. The summed E-state index contributed by atoms with van der Waals surface area (Å²) in [6.45, 7) is 0. The Morgan fingerprint density at radius 1 is 1.26 bits per heavy atom. The van der Waals surface area contributed by atoms with Gasteiger partial charge in [-0.2, -0.15) is 8.78 Å². The number of nitrogens with zero attached hydrogens (tertiary/aromatic N) is 1. The van der Waals surface area contributed by atoms with Gasteiger partial charge in [-0.3, -0.25) is 0 Å². The minimum absolute atomic E-state index is 0.276. The third kappa shape index (κ3) is 3.71. The van der Waals surface area contributed by atoms with Crippen molar-refractivity contribution in [3.63, 3.8) is 0 Å². The maximum atomic E-state index is 14.4. The molecular formula is C18H21F2NO2. The lowest BCUT2D eigenvalue weighted by Gasteiger charge is -2.17. The van der Waals surface area contributed by atoms with E-state index in [1.807, 2.05) is 0 Å². The fourth-order valence-corrected chi connectivity index (χ4v) is 2.84. The molecule has 0 saturated heterocycles. The van der Waals surface area contributed by atoms with Crippen molar-refractivity contribution in [1.82, 2.24) is 4.98 Å². The number of halogens is 2. The molecule has 1 saturated carbocycles. The summed E-state index contributed by atoms with van der Waals surface area (Å²) in [7, 11) is 1.53. The monoisotopic (exact) mass is 321 g/mol. The second-order valence-electron chi connectivity index (χ2n) is 6.31. The first-order chi connectivity index (χ1) is 11.0. The molecule has 1 N–H and O–H groups in total. The van der Waals surface area contributed by atoms with E-state index in [9.17, 15) is 13.9 Å². The van der Waals surface area contributed by atoms with Gasteiger partial charge in [-0.1, -0.05) is 25.7 Å². The molecule has 23 heavy (non-hydrogen) atoms. The molecule has 0 atom stereocenters. The summed E-state index contributed by atoms with van der Waals surface area (Å²) >= 11 is 0. The molecule has 2 aromatic rings. The number of rotatable bonds is 7. The summed E-state index contributed by atoms with van der Waals surface area (Å²) in [6.07, 6.45) is 4.51. The predicted octanol–water partition coefficient (Wildman–Crippen LogP) is 5.01. The van der Waals surface area contributed by atoms with Crippen molar-refractivity contribution in [2.45, 2.75) is 44.4 Å². The Morgan fingerprint density at radius 3 is 2.74 bits per heavy atom. The molecule has 3 nitrogen and oxygen atoms in total. The molecule has 0 unspecified atom stereocenters. The van der Waals surface area contributed by atoms with Crippen LogP contribution in [0.3, 0.4) is 0 Å². The topological polar surface area (TPSA) is 42.4 Å². The molecule has 1 aromatic heterocycles. The molecule has 0 bridgehead atoms. The van der Waals surface area contributed by atoms with Crippen LogP contribution in [-0.2, 0) is 5.92 Å². The van der Waals surface area contributed by atoms with Gasteiger partial charge < -0.3 is 9.84 Å². The van der Waals surface area contributed by atoms with E-state index < -0.39 is 17.4 Å². The first-order valence-electron chi connectivity index (χ1n) is 8.05. The summed E-state index contributed by atoms with van der Waals surface area (Å²) in [5, 5.41) is 10.6. The predicted molar refractivity (Wildman–Crippen MR) is 85.0 cm³/mol. The molecule has 0 spiro atoms. The zero-order valence-electron chi connectivity index (χ0n) is 13.2. The smallest absolute Gasteiger partial charge is 0.293 e. The van der Waals surface area contributed by atoms with Crippen molar-refractivity contribution in [3.05, 3.63) is 30.0 Å². The van der Waals surface area contributed by atoms with Gasteiger partial charge in [-0.25, -0.2) is 4.98 Å². The molecular weight excluding hydrogens is 300 g/mol. The highest BCUT2D eigenvalue weighted by molar-refractivity contribution is 5.82. The summed E-state index contributed by atoms with van der Waals surface area (Å²) in [5.41, 5.74) is -0.0992. The zero-order valence-corrected chi connectivity index (χ0v) is 13.2. The summed E-state index contributed by atoms with van der Waals surface area (Å²) in [6, 6.07) is 6.29. The fraction of sp³-hybridized carbons (Fsp3) is 0.500. The van der Waals surface area contributed by atoms with Gasteiger partial charge in [-0.15, -0.1) is 0 Å².